The summed E-state index contributed by atoms with van der Waals surface area (Å²) in [5, 5.41) is -0.592. The third kappa shape index (κ3) is 5.63. The van der Waals surface area contributed by atoms with Gasteiger partial charge in [-0.1, -0.05) is 20.8 Å². The minimum absolute atomic E-state index is 0.592. The van der Waals surface area contributed by atoms with Crippen LogP contribution in [0.2, 0.25) is 18.1 Å². The van der Waals surface area contributed by atoms with Crippen LogP contribution in [0.3, 0.4) is 0 Å². The predicted molar refractivity (Wildman–Crippen MR) is 71.8 cm³/mol. The Morgan fingerprint density at radius 1 is 1.20 bits per heavy atom. The third-order valence-electron chi connectivity index (χ3n) is 2.81. The number of hydrogen-bond donors (Lipinski definition) is 1. The average molecular weight is 332 g/mol. The minimum Gasteiger partial charge on any atom is -0.351 e. The molecule has 1 aromatic rings. The SMILES string of the molecule is CC(C)(C)[Si](C)(C)OS(=O)(=O)C(F)(F)F.c1c[nH]cn1. The van der Waals surface area contributed by atoms with Gasteiger partial charge in [0.25, 0.3) is 0 Å². The Balaban J connectivity index is 0.000000595. The molecule has 0 radical (unpaired) electrons. The Hall–Kier alpha value is -0.873. The number of halogens is 3. The van der Waals surface area contributed by atoms with Crippen molar-refractivity contribution in [1.82, 2.24) is 9.97 Å². The van der Waals surface area contributed by atoms with Gasteiger partial charge in [0.05, 0.1) is 6.33 Å². The Morgan fingerprint density at radius 3 is 1.90 bits per heavy atom. The average Bonchev–Trinajstić information content (AvgIpc) is 2.68. The maximum absolute atomic E-state index is 12.1. The van der Waals surface area contributed by atoms with Crippen molar-refractivity contribution < 1.29 is 25.5 Å². The fourth-order valence-corrected chi connectivity index (χ4v) is 4.23. The van der Waals surface area contributed by atoms with Crippen LogP contribution in [-0.4, -0.2) is 32.2 Å². The summed E-state index contributed by atoms with van der Waals surface area (Å²) in [6, 6.07) is 0. The molecule has 0 spiro atoms. The molecule has 0 aromatic carbocycles. The van der Waals surface area contributed by atoms with Crippen molar-refractivity contribution in [2.24, 2.45) is 0 Å². The van der Waals surface area contributed by atoms with E-state index < -0.39 is 29.0 Å². The molecule has 0 aliphatic heterocycles. The zero-order valence-corrected chi connectivity index (χ0v) is 13.8. The van der Waals surface area contributed by atoms with Crippen molar-refractivity contribution in [3.8, 4) is 0 Å². The van der Waals surface area contributed by atoms with Crippen LogP contribution in [0.25, 0.3) is 0 Å². The number of aromatic nitrogens is 2. The molecule has 0 bridgehead atoms. The van der Waals surface area contributed by atoms with Gasteiger partial charge in [-0.2, -0.15) is 21.6 Å². The van der Waals surface area contributed by atoms with E-state index in [-0.39, 0.29) is 0 Å². The topological polar surface area (TPSA) is 72.1 Å². The molecular weight excluding hydrogens is 313 g/mol. The standard InChI is InChI=1S/C7H15F3O3SSi.C3H4N2/c1-6(2,3)15(4,5)13-14(11,12)7(8,9)10;1-2-5-3-4-1/h1-5H3;1-3H,(H,4,5). The quantitative estimate of drug-likeness (QED) is 0.666. The molecular formula is C10H19F3N2O3SSi. The number of hydrogen-bond acceptors (Lipinski definition) is 4. The molecule has 1 rings (SSSR count). The normalized spacial score (nSPS) is 13.6. The maximum Gasteiger partial charge on any atom is 0.522 e. The van der Waals surface area contributed by atoms with Crippen molar-refractivity contribution >= 4 is 18.4 Å². The van der Waals surface area contributed by atoms with E-state index in [1.54, 1.807) is 39.5 Å². The van der Waals surface area contributed by atoms with Gasteiger partial charge in [-0.3, -0.25) is 0 Å². The molecule has 0 saturated carbocycles. The lowest BCUT2D eigenvalue weighted by Crippen LogP contribution is -2.45. The summed E-state index contributed by atoms with van der Waals surface area (Å²) < 4.78 is 62.1. The first-order valence-corrected chi connectivity index (χ1v) is 9.97. The summed E-state index contributed by atoms with van der Waals surface area (Å²) in [5.74, 6) is 0. The molecule has 0 saturated heterocycles. The van der Waals surface area contributed by atoms with Gasteiger partial charge in [0.2, 0.25) is 8.32 Å². The first kappa shape index (κ1) is 19.1. The van der Waals surface area contributed by atoms with Gasteiger partial charge in [-0.15, -0.1) is 0 Å². The van der Waals surface area contributed by atoms with Crippen molar-refractivity contribution in [2.45, 2.75) is 44.4 Å². The Kier molecular flexibility index (Phi) is 5.99. The molecule has 118 valence electrons. The van der Waals surface area contributed by atoms with E-state index in [1.807, 2.05) is 0 Å². The molecule has 0 aliphatic carbocycles. The fraction of sp³-hybridized carbons (Fsp3) is 0.700. The Labute approximate surface area is 117 Å². The predicted octanol–water partition coefficient (Wildman–Crippen LogP) is 3.27. The summed E-state index contributed by atoms with van der Waals surface area (Å²) in [5.41, 5.74) is -5.34. The highest BCUT2D eigenvalue weighted by atomic mass is 32.2. The van der Waals surface area contributed by atoms with Gasteiger partial charge in [-0.25, -0.2) is 4.98 Å². The van der Waals surface area contributed by atoms with E-state index >= 15 is 0 Å². The fourth-order valence-electron chi connectivity index (χ4n) is 0.662. The lowest BCUT2D eigenvalue weighted by molar-refractivity contribution is -0.0504. The van der Waals surface area contributed by atoms with Crippen LogP contribution < -0.4 is 0 Å². The van der Waals surface area contributed by atoms with Crippen molar-refractivity contribution in [2.75, 3.05) is 0 Å². The molecule has 0 atom stereocenters. The van der Waals surface area contributed by atoms with Crippen molar-refractivity contribution in [3.63, 3.8) is 0 Å². The second-order valence-corrected chi connectivity index (χ2v) is 12.1. The van der Waals surface area contributed by atoms with Gasteiger partial charge in [0.15, 0.2) is 0 Å². The van der Waals surface area contributed by atoms with Crippen LogP contribution in [-0.2, 0) is 14.0 Å². The van der Waals surface area contributed by atoms with E-state index in [1.165, 1.54) is 13.1 Å². The number of H-pyrrole nitrogens is 1. The van der Waals surface area contributed by atoms with E-state index in [0.29, 0.717) is 0 Å². The van der Waals surface area contributed by atoms with Gasteiger partial charge in [0.1, 0.15) is 0 Å². The maximum atomic E-state index is 12.1. The molecule has 20 heavy (non-hydrogen) atoms. The first-order chi connectivity index (χ1) is 8.71. The molecule has 1 heterocycles. The molecule has 1 N–H and O–H groups in total. The van der Waals surface area contributed by atoms with E-state index in [9.17, 15) is 21.6 Å². The number of nitrogens with one attached hydrogen (secondary N) is 1. The minimum atomic E-state index is -5.48. The second kappa shape index (κ2) is 6.27. The van der Waals surface area contributed by atoms with Gasteiger partial charge in [-0.05, 0) is 18.1 Å². The van der Waals surface area contributed by atoms with Crippen molar-refractivity contribution in [3.05, 3.63) is 18.7 Å². The highest BCUT2D eigenvalue weighted by Crippen LogP contribution is 2.40. The van der Waals surface area contributed by atoms with E-state index in [4.69, 9.17) is 0 Å². The van der Waals surface area contributed by atoms with Crippen LogP contribution in [0.1, 0.15) is 20.8 Å². The van der Waals surface area contributed by atoms with Crippen LogP contribution in [0.5, 0.6) is 0 Å². The summed E-state index contributed by atoms with van der Waals surface area (Å²) in [6.07, 6.45) is 5.08. The van der Waals surface area contributed by atoms with Gasteiger partial charge >= 0.3 is 15.6 Å². The van der Waals surface area contributed by atoms with E-state index in [0.717, 1.165) is 0 Å². The lowest BCUT2D eigenvalue weighted by atomic mass is 10.2. The molecule has 0 aliphatic rings. The zero-order valence-electron chi connectivity index (χ0n) is 11.9. The number of alkyl halides is 3. The van der Waals surface area contributed by atoms with E-state index in [2.05, 4.69) is 13.8 Å². The number of aromatic amines is 1. The Morgan fingerprint density at radius 2 is 1.70 bits per heavy atom. The second-order valence-electron chi connectivity index (χ2n) is 5.50. The van der Waals surface area contributed by atoms with Crippen LogP contribution >= 0.6 is 0 Å². The van der Waals surface area contributed by atoms with Gasteiger partial charge in [0, 0.05) is 12.4 Å². The highest BCUT2D eigenvalue weighted by molar-refractivity contribution is 7.88. The largest absolute Gasteiger partial charge is 0.522 e. The van der Waals surface area contributed by atoms with Crippen molar-refractivity contribution in [1.29, 1.82) is 0 Å². The third-order valence-corrected chi connectivity index (χ3v) is 9.54. The first-order valence-electron chi connectivity index (χ1n) is 5.65. The monoisotopic (exact) mass is 332 g/mol. The molecule has 5 nitrogen and oxygen atoms in total. The zero-order chi connectivity index (χ0) is 16.2. The molecule has 10 heteroatoms. The van der Waals surface area contributed by atoms with Crippen LogP contribution in [0.4, 0.5) is 13.2 Å². The molecule has 0 unspecified atom stereocenters. The smallest absolute Gasteiger partial charge is 0.351 e. The summed E-state index contributed by atoms with van der Waals surface area (Å²) in [4.78, 5) is 6.42. The summed E-state index contributed by atoms with van der Waals surface area (Å²) in [6.45, 7) is 7.86. The number of nitrogens with zero attached hydrogens (tertiary/aromatic N) is 1. The summed E-state index contributed by atoms with van der Waals surface area (Å²) >= 11 is 0. The summed E-state index contributed by atoms with van der Waals surface area (Å²) in [7, 11) is -8.43. The highest BCUT2D eigenvalue weighted by Gasteiger charge is 2.52. The molecule has 1 aromatic heterocycles. The number of imidazole rings is 1. The number of rotatable bonds is 2. The van der Waals surface area contributed by atoms with Crippen LogP contribution in [0, 0.1) is 0 Å². The molecule has 0 fully saturated rings. The van der Waals surface area contributed by atoms with Gasteiger partial charge < -0.3 is 8.86 Å². The Bertz CT molecular complexity index is 476. The molecule has 0 amide bonds. The lowest BCUT2D eigenvalue weighted by Gasteiger charge is -2.35. The van der Waals surface area contributed by atoms with Crippen LogP contribution in [0.15, 0.2) is 18.7 Å².